The van der Waals surface area contributed by atoms with Gasteiger partial charge in [0.2, 0.25) is 0 Å². The third-order valence-electron chi connectivity index (χ3n) is 3.71. The molecule has 0 amide bonds. The average molecular weight is 324 g/mol. The van der Waals surface area contributed by atoms with Crippen LogP contribution in [-0.4, -0.2) is 9.55 Å². The smallest absolute Gasteiger partial charge is 0.150 e. The van der Waals surface area contributed by atoms with Crippen LogP contribution < -0.4 is 5.32 Å². The Morgan fingerprint density at radius 1 is 1.17 bits per heavy atom. The Bertz CT molecular complexity index is 874. The molecule has 0 radical (unpaired) electrons. The molecular formula is C18H14F2N4. The van der Waals surface area contributed by atoms with E-state index in [2.05, 4.69) is 10.3 Å². The van der Waals surface area contributed by atoms with Crippen LogP contribution in [0.4, 0.5) is 14.5 Å². The van der Waals surface area contributed by atoms with Gasteiger partial charge in [-0.3, -0.25) is 0 Å². The summed E-state index contributed by atoms with van der Waals surface area (Å²) in [6.45, 7) is 0. The lowest BCUT2D eigenvalue weighted by Crippen LogP contribution is -2.18. The Kier molecular flexibility index (Phi) is 4.25. The number of aryl methyl sites for hydroxylation is 1. The lowest BCUT2D eigenvalue weighted by molar-refractivity contribution is 0.583. The molecule has 0 bridgehead atoms. The normalized spacial score (nSPS) is 11.8. The number of rotatable bonds is 4. The highest BCUT2D eigenvalue weighted by atomic mass is 19.1. The van der Waals surface area contributed by atoms with E-state index in [1.54, 1.807) is 23.0 Å². The van der Waals surface area contributed by atoms with Crippen LogP contribution in [0.5, 0.6) is 0 Å². The van der Waals surface area contributed by atoms with E-state index in [0.717, 1.165) is 17.7 Å². The third kappa shape index (κ3) is 2.97. The summed E-state index contributed by atoms with van der Waals surface area (Å²) in [5.41, 5.74) is 0.463. The molecule has 1 N–H and O–H groups in total. The quantitative estimate of drug-likeness (QED) is 0.795. The van der Waals surface area contributed by atoms with Crippen molar-refractivity contribution in [1.82, 2.24) is 9.55 Å². The topological polar surface area (TPSA) is 53.6 Å². The molecule has 0 saturated heterocycles. The lowest BCUT2D eigenvalue weighted by Gasteiger charge is -2.21. The number of aromatic nitrogens is 2. The molecule has 0 aliphatic heterocycles. The highest BCUT2D eigenvalue weighted by molar-refractivity contribution is 5.53. The minimum atomic E-state index is -0.818. The number of halogens is 2. The first kappa shape index (κ1) is 15.7. The number of hydrogen-bond donors (Lipinski definition) is 1. The summed E-state index contributed by atoms with van der Waals surface area (Å²) in [4.78, 5) is 4.28. The number of nitrogens with zero attached hydrogens (tertiary/aromatic N) is 3. The summed E-state index contributed by atoms with van der Waals surface area (Å²) in [6, 6.07) is 12.5. The van der Waals surface area contributed by atoms with Crippen LogP contribution in [-0.2, 0) is 7.05 Å². The van der Waals surface area contributed by atoms with Gasteiger partial charge >= 0.3 is 0 Å². The Hall–Kier alpha value is -3.20. The van der Waals surface area contributed by atoms with Crippen molar-refractivity contribution in [2.75, 3.05) is 5.32 Å². The molecule has 1 atom stereocenters. The zero-order valence-electron chi connectivity index (χ0n) is 12.9. The molecule has 0 saturated carbocycles. The number of anilines is 1. The maximum absolute atomic E-state index is 14.2. The molecule has 3 aromatic rings. The van der Waals surface area contributed by atoms with Gasteiger partial charge in [-0.25, -0.2) is 13.8 Å². The van der Waals surface area contributed by atoms with Gasteiger partial charge in [-0.1, -0.05) is 30.3 Å². The van der Waals surface area contributed by atoms with E-state index in [1.165, 1.54) is 0 Å². The van der Waals surface area contributed by atoms with E-state index in [1.807, 2.05) is 37.4 Å². The van der Waals surface area contributed by atoms with Crippen LogP contribution in [0.3, 0.4) is 0 Å². The predicted molar refractivity (Wildman–Crippen MR) is 86.2 cm³/mol. The minimum Gasteiger partial charge on any atom is -0.367 e. The van der Waals surface area contributed by atoms with Crippen molar-refractivity contribution in [3.8, 4) is 6.07 Å². The van der Waals surface area contributed by atoms with Gasteiger partial charge in [0.25, 0.3) is 0 Å². The van der Waals surface area contributed by atoms with Crippen LogP contribution in [0.2, 0.25) is 0 Å². The molecule has 2 aromatic carbocycles. The second kappa shape index (κ2) is 6.50. The zero-order chi connectivity index (χ0) is 17.1. The van der Waals surface area contributed by atoms with E-state index in [9.17, 15) is 8.78 Å². The summed E-state index contributed by atoms with van der Waals surface area (Å²) in [5, 5.41) is 11.7. The molecule has 120 valence electrons. The standard InChI is InChI=1S/C18H14F2N4/c1-24-8-7-22-18(24)16(13-5-3-2-4-6-13)23-17-14(19)9-12(11-21)10-15(17)20/h2-10,16,23H,1H3/t16-/m0/s1. The fourth-order valence-electron chi connectivity index (χ4n) is 2.52. The number of nitriles is 1. The first-order chi connectivity index (χ1) is 11.6. The molecule has 0 spiro atoms. The van der Waals surface area contributed by atoms with Crippen LogP contribution in [0.15, 0.2) is 54.9 Å². The van der Waals surface area contributed by atoms with Crippen LogP contribution in [0.1, 0.15) is 23.0 Å². The van der Waals surface area contributed by atoms with Gasteiger partial charge < -0.3 is 9.88 Å². The zero-order valence-corrected chi connectivity index (χ0v) is 12.9. The van der Waals surface area contributed by atoms with Gasteiger partial charge in [0, 0.05) is 19.4 Å². The van der Waals surface area contributed by atoms with Crippen LogP contribution >= 0.6 is 0 Å². The molecule has 3 rings (SSSR count). The maximum Gasteiger partial charge on any atom is 0.150 e. The number of benzene rings is 2. The monoisotopic (exact) mass is 324 g/mol. The second-order valence-corrected chi connectivity index (χ2v) is 5.31. The number of hydrogen-bond acceptors (Lipinski definition) is 3. The Morgan fingerprint density at radius 3 is 2.38 bits per heavy atom. The molecular weight excluding hydrogens is 310 g/mol. The number of imidazole rings is 1. The van der Waals surface area contributed by atoms with E-state index < -0.39 is 17.7 Å². The van der Waals surface area contributed by atoms with E-state index in [4.69, 9.17) is 5.26 Å². The molecule has 24 heavy (non-hydrogen) atoms. The third-order valence-corrected chi connectivity index (χ3v) is 3.71. The largest absolute Gasteiger partial charge is 0.367 e. The molecule has 1 heterocycles. The highest BCUT2D eigenvalue weighted by Crippen LogP contribution is 2.29. The summed E-state index contributed by atoms with van der Waals surface area (Å²) in [6.07, 6.45) is 3.39. The van der Waals surface area contributed by atoms with Gasteiger partial charge in [-0.15, -0.1) is 0 Å². The lowest BCUT2D eigenvalue weighted by atomic mass is 10.1. The van der Waals surface area contributed by atoms with Gasteiger partial charge in [-0.2, -0.15) is 5.26 Å². The van der Waals surface area contributed by atoms with Gasteiger partial charge in [0.15, 0.2) is 11.6 Å². The van der Waals surface area contributed by atoms with Crippen molar-refractivity contribution in [2.24, 2.45) is 7.05 Å². The van der Waals surface area contributed by atoms with Crippen molar-refractivity contribution >= 4 is 5.69 Å². The van der Waals surface area contributed by atoms with Crippen LogP contribution in [0.25, 0.3) is 0 Å². The molecule has 0 aliphatic carbocycles. The van der Waals surface area contributed by atoms with Gasteiger partial charge in [-0.05, 0) is 17.7 Å². The Morgan fingerprint density at radius 2 is 1.83 bits per heavy atom. The number of nitrogens with one attached hydrogen (secondary N) is 1. The molecule has 1 aromatic heterocycles. The van der Waals surface area contributed by atoms with E-state index in [-0.39, 0.29) is 11.3 Å². The summed E-state index contributed by atoms with van der Waals surface area (Å²) in [5.74, 6) is -1.02. The van der Waals surface area contributed by atoms with E-state index in [0.29, 0.717) is 5.82 Å². The molecule has 0 fully saturated rings. The van der Waals surface area contributed by atoms with Gasteiger partial charge in [0.05, 0.1) is 11.6 Å². The van der Waals surface area contributed by atoms with Crippen molar-refractivity contribution in [3.63, 3.8) is 0 Å². The fraction of sp³-hybridized carbons (Fsp3) is 0.111. The minimum absolute atomic E-state index is 0.0659. The predicted octanol–water partition coefficient (Wildman–Crippen LogP) is 3.77. The summed E-state index contributed by atoms with van der Waals surface area (Å²) in [7, 11) is 1.81. The Balaban J connectivity index is 2.06. The van der Waals surface area contributed by atoms with Crippen molar-refractivity contribution < 1.29 is 8.78 Å². The Labute approximate surface area is 138 Å². The maximum atomic E-state index is 14.2. The van der Waals surface area contributed by atoms with Gasteiger partial charge in [0.1, 0.15) is 17.6 Å². The molecule has 0 unspecified atom stereocenters. The molecule has 6 heteroatoms. The van der Waals surface area contributed by atoms with Crippen molar-refractivity contribution in [2.45, 2.75) is 6.04 Å². The van der Waals surface area contributed by atoms with Crippen LogP contribution in [0, 0.1) is 23.0 Å². The second-order valence-electron chi connectivity index (χ2n) is 5.31. The average Bonchev–Trinajstić information content (AvgIpc) is 3.01. The van der Waals surface area contributed by atoms with Crippen molar-refractivity contribution in [3.05, 3.63) is 83.4 Å². The van der Waals surface area contributed by atoms with E-state index >= 15 is 0 Å². The fourth-order valence-corrected chi connectivity index (χ4v) is 2.52. The first-order valence-corrected chi connectivity index (χ1v) is 7.28. The SMILES string of the molecule is Cn1ccnc1[C@@H](Nc1c(F)cc(C#N)cc1F)c1ccccc1. The van der Waals surface area contributed by atoms with Crippen molar-refractivity contribution in [1.29, 1.82) is 5.26 Å². The summed E-state index contributed by atoms with van der Waals surface area (Å²) < 4.78 is 30.3. The summed E-state index contributed by atoms with van der Waals surface area (Å²) >= 11 is 0. The molecule has 0 aliphatic rings. The first-order valence-electron chi connectivity index (χ1n) is 7.28. The molecule has 4 nitrogen and oxygen atoms in total. The highest BCUT2D eigenvalue weighted by Gasteiger charge is 2.22.